The minimum Gasteiger partial charge on any atom is -0.496 e. The lowest BCUT2D eigenvalue weighted by Crippen LogP contribution is -2.36. The second-order valence-electron chi connectivity index (χ2n) is 5.16. The van der Waals surface area contributed by atoms with Crippen molar-refractivity contribution in [3.63, 3.8) is 0 Å². The van der Waals surface area contributed by atoms with Gasteiger partial charge in [0.25, 0.3) is 0 Å². The molecular weight excluding hydrogens is 307 g/mol. The van der Waals surface area contributed by atoms with Crippen molar-refractivity contribution in [3.8, 4) is 5.75 Å². The molecule has 0 aliphatic heterocycles. The number of hydrogen-bond acceptors (Lipinski definition) is 3. The lowest BCUT2D eigenvalue weighted by molar-refractivity contribution is -0.137. The number of aliphatic hydroxyl groups is 1. The molecule has 2 rings (SSSR count). The van der Waals surface area contributed by atoms with E-state index in [1.54, 1.807) is 0 Å². The first-order chi connectivity index (χ1) is 9.34. The van der Waals surface area contributed by atoms with Gasteiger partial charge in [-0.3, -0.25) is 0 Å². The summed E-state index contributed by atoms with van der Waals surface area (Å²) in [6.45, 7) is 0. The van der Waals surface area contributed by atoms with Crippen LogP contribution in [0.15, 0.2) is 18.2 Å². The minimum absolute atomic E-state index is 0. The number of ether oxygens (including phenoxy) is 1. The van der Waals surface area contributed by atoms with Crippen molar-refractivity contribution in [2.45, 2.75) is 37.6 Å². The standard InChI is InChI=1S/C14H18F3NO2.ClH/c1-20-11-7-9(14(15,16)17)5-6-10(11)12(18)13(19)8-3-2-4-8;/h5-8,12-13,19H,2-4,18H2,1H3;1H/t12-,13+;/m0./s1. The molecule has 0 amide bonds. The Balaban J connectivity index is 0.00000220. The highest BCUT2D eigenvalue weighted by atomic mass is 35.5. The Labute approximate surface area is 127 Å². The molecule has 1 aromatic carbocycles. The van der Waals surface area contributed by atoms with E-state index in [4.69, 9.17) is 10.5 Å². The van der Waals surface area contributed by atoms with Gasteiger partial charge in [0.1, 0.15) is 5.75 Å². The van der Waals surface area contributed by atoms with Crippen LogP contribution in [-0.2, 0) is 6.18 Å². The Bertz CT molecular complexity index is 478. The van der Waals surface area contributed by atoms with E-state index in [-0.39, 0.29) is 24.1 Å². The Morgan fingerprint density at radius 1 is 1.33 bits per heavy atom. The Hall–Kier alpha value is -0.980. The van der Waals surface area contributed by atoms with Crippen LogP contribution in [0, 0.1) is 5.92 Å². The number of rotatable bonds is 4. The molecule has 3 nitrogen and oxygen atoms in total. The maximum Gasteiger partial charge on any atom is 0.416 e. The van der Waals surface area contributed by atoms with Crippen LogP contribution in [0.3, 0.4) is 0 Å². The molecule has 1 saturated carbocycles. The molecule has 3 N–H and O–H groups in total. The second-order valence-corrected chi connectivity index (χ2v) is 5.16. The van der Waals surface area contributed by atoms with Crippen LogP contribution in [-0.4, -0.2) is 18.3 Å². The normalized spacial score (nSPS) is 18.4. The third-order valence-electron chi connectivity index (χ3n) is 3.92. The first-order valence-corrected chi connectivity index (χ1v) is 6.53. The number of halogens is 4. The van der Waals surface area contributed by atoms with E-state index in [1.165, 1.54) is 13.2 Å². The van der Waals surface area contributed by atoms with Gasteiger partial charge in [-0.2, -0.15) is 13.2 Å². The molecule has 21 heavy (non-hydrogen) atoms. The van der Waals surface area contributed by atoms with Crippen molar-refractivity contribution in [2.75, 3.05) is 7.11 Å². The average Bonchev–Trinajstić information content (AvgIpc) is 2.33. The Kier molecular flexibility index (Phi) is 5.90. The predicted molar refractivity (Wildman–Crippen MR) is 75.5 cm³/mol. The Morgan fingerprint density at radius 3 is 2.38 bits per heavy atom. The molecule has 0 radical (unpaired) electrons. The molecule has 1 aromatic rings. The average molecular weight is 326 g/mol. The summed E-state index contributed by atoms with van der Waals surface area (Å²) in [6, 6.07) is 2.43. The first kappa shape index (κ1) is 18.1. The number of aliphatic hydroxyl groups excluding tert-OH is 1. The van der Waals surface area contributed by atoms with Crippen LogP contribution in [0.5, 0.6) is 5.75 Å². The lowest BCUT2D eigenvalue weighted by atomic mass is 9.77. The van der Waals surface area contributed by atoms with Crippen LogP contribution in [0.25, 0.3) is 0 Å². The van der Waals surface area contributed by atoms with Crippen LogP contribution in [0.4, 0.5) is 13.2 Å². The summed E-state index contributed by atoms with van der Waals surface area (Å²) in [5.74, 6) is 0.183. The summed E-state index contributed by atoms with van der Waals surface area (Å²) in [5.41, 5.74) is 5.59. The molecule has 1 aliphatic carbocycles. The van der Waals surface area contributed by atoms with Crippen molar-refractivity contribution < 1.29 is 23.0 Å². The van der Waals surface area contributed by atoms with Crippen LogP contribution < -0.4 is 10.5 Å². The van der Waals surface area contributed by atoms with Gasteiger partial charge in [-0.25, -0.2) is 0 Å². The van der Waals surface area contributed by atoms with Gasteiger partial charge in [0.15, 0.2) is 0 Å². The van der Waals surface area contributed by atoms with Gasteiger partial charge in [-0.15, -0.1) is 12.4 Å². The molecule has 7 heteroatoms. The van der Waals surface area contributed by atoms with E-state index < -0.39 is 23.9 Å². The topological polar surface area (TPSA) is 55.5 Å². The maximum absolute atomic E-state index is 12.7. The third kappa shape index (κ3) is 3.81. The Morgan fingerprint density at radius 2 is 1.95 bits per heavy atom. The molecule has 1 fully saturated rings. The summed E-state index contributed by atoms with van der Waals surface area (Å²) in [5, 5.41) is 10.1. The lowest BCUT2D eigenvalue weighted by Gasteiger charge is -2.34. The number of hydrogen-bond donors (Lipinski definition) is 2. The van der Waals surface area contributed by atoms with Gasteiger partial charge in [-0.1, -0.05) is 12.5 Å². The van der Waals surface area contributed by atoms with Crippen molar-refractivity contribution in [3.05, 3.63) is 29.3 Å². The zero-order valence-corrected chi connectivity index (χ0v) is 12.4. The number of alkyl halides is 3. The zero-order chi connectivity index (χ0) is 14.9. The molecule has 1 aliphatic rings. The minimum atomic E-state index is -4.43. The van der Waals surface area contributed by atoms with Gasteiger partial charge in [0.2, 0.25) is 0 Å². The smallest absolute Gasteiger partial charge is 0.416 e. The molecule has 120 valence electrons. The van der Waals surface area contributed by atoms with E-state index >= 15 is 0 Å². The van der Waals surface area contributed by atoms with E-state index in [1.807, 2.05) is 0 Å². The van der Waals surface area contributed by atoms with E-state index in [9.17, 15) is 18.3 Å². The fourth-order valence-corrected chi connectivity index (χ4v) is 2.42. The first-order valence-electron chi connectivity index (χ1n) is 6.53. The zero-order valence-electron chi connectivity index (χ0n) is 11.6. The molecule has 0 saturated heterocycles. The second kappa shape index (κ2) is 6.85. The largest absolute Gasteiger partial charge is 0.496 e. The number of nitrogens with two attached hydrogens (primary N) is 1. The molecule has 0 unspecified atom stereocenters. The van der Waals surface area contributed by atoms with Crippen molar-refractivity contribution >= 4 is 12.4 Å². The molecule has 0 bridgehead atoms. The highest BCUT2D eigenvalue weighted by Gasteiger charge is 2.34. The summed E-state index contributed by atoms with van der Waals surface area (Å²) >= 11 is 0. The molecule has 0 heterocycles. The molecule has 0 spiro atoms. The fourth-order valence-electron chi connectivity index (χ4n) is 2.42. The van der Waals surface area contributed by atoms with Crippen LogP contribution >= 0.6 is 12.4 Å². The predicted octanol–water partition coefficient (Wildman–Crippen LogP) is 3.30. The fraction of sp³-hybridized carbons (Fsp3) is 0.571. The van der Waals surface area contributed by atoms with E-state index in [0.29, 0.717) is 5.56 Å². The van der Waals surface area contributed by atoms with Gasteiger partial charge in [0.05, 0.1) is 24.8 Å². The van der Waals surface area contributed by atoms with Crippen LogP contribution in [0.2, 0.25) is 0 Å². The van der Waals surface area contributed by atoms with Crippen molar-refractivity contribution in [2.24, 2.45) is 11.7 Å². The summed E-state index contributed by atoms with van der Waals surface area (Å²) in [7, 11) is 1.29. The SMILES string of the molecule is COc1cc(C(F)(F)F)ccc1[C@H](N)[C@H](O)C1CCC1.Cl. The van der Waals surface area contributed by atoms with Gasteiger partial charge in [0, 0.05) is 5.56 Å². The summed E-state index contributed by atoms with van der Waals surface area (Å²) in [6.07, 6.45) is -2.33. The van der Waals surface area contributed by atoms with Gasteiger partial charge >= 0.3 is 6.18 Å². The molecule has 0 aromatic heterocycles. The number of benzene rings is 1. The van der Waals surface area contributed by atoms with E-state index in [0.717, 1.165) is 31.4 Å². The highest BCUT2D eigenvalue weighted by molar-refractivity contribution is 5.85. The summed E-state index contributed by atoms with van der Waals surface area (Å²) in [4.78, 5) is 0. The number of methoxy groups -OCH3 is 1. The monoisotopic (exact) mass is 325 g/mol. The van der Waals surface area contributed by atoms with E-state index in [2.05, 4.69) is 0 Å². The third-order valence-corrected chi connectivity index (χ3v) is 3.92. The van der Waals surface area contributed by atoms with Gasteiger partial charge < -0.3 is 15.6 Å². The quantitative estimate of drug-likeness (QED) is 0.893. The maximum atomic E-state index is 12.7. The van der Waals surface area contributed by atoms with Crippen molar-refractivity contribution in [1.29, 1.82) is 0 Å². The summed E-state index contributed by atoms with van der Waals surface area (Å²) < 4.78 is 42.9. The van der Waals surface area contributed by atoms with Crippen molar-refractivity contribution in [1.82, 2.24) is 0 Å². The highest BCUT2D eigenvalue weighted by Crippen LogP contribution is 2.39. The van der Waals surface area contributed by atoms with Crippen LogP contribution in [0.1, 0.15) is 36.4 Å². The molecular formula is C14H19ClF3NO2. The molecule has 2 atom stereocenters. The van der Waals surface area contributed by atoms with Gasteiger partial charge in [-0.05, 0) is 30.9 Å².